The smallest absolute Gasteiger partial charge is 0.0480 e. The number of rotatable bonds is 4. The minimum Gasteiger partial charge on any atom is -0.347 e. The van der Waals surface area contributed by atoms with Crippen LogP contribution in [0.5, 0.6) is 0 Å². The van der Waals surface area contributed by atoms with Crippen molar-refractivity contribution in [2.75, 3.05) is 0 Å². The van der Waals surface area contributed by atoms with Crippen LogP contribution in [0.1, 0.15) is 26.7 Å². The Morgan fingerprint density at radius 2 is 2.00 bits per heavy atom. The molecule has 1 aromatic heterocycles. The molecule has 0 amide bonds. The van der Waals surface area contributed by atoms with Gasteiger partial charge in [-0.1, -0.05) is 38.5 Å². The molecule has 0 N–H and O–H groups in total. The zero-order valence-corrected chi connectivity index (χ0v) is 9.61. The molecule has 1 aromatic carbocycles. The van der Waals surface area contributed by atoms with E-state index in [0.717, 1.165) is 12.5 Å². The summed E-state index contributed by atoms with van der Waals surface area (Å²) in [5, 5.41) is 1.35. The predicted octanol–water partition coefficient (Wildman–Crippen LogP) is 4.08. The molecule has 0 saturated carbocycles. The monoisotopic (exact) mass is 201 g/mol. The van der Waals surface area contributed by atoms with Gasteiger partial charge in [-0.3, -0.25) is 0 Å². The molecule has 2 rings (SSSR count). The average Bonchev–Trinajstić information content (AvgIpc) is 2.62. The van der Waals surface area contributed by atoms with E-state index in [0.29, 0.717) is 0 Å². The van der Waals surface area contributed by atoms with Gasteiger partial charge in [-0.05, 0) is 29.9 Å². The molecule has 1 atom stereocenters. The first-order valence-electron chi connectivity index (χ1n) is 5.85. The minimum atomic E-state index is 0.769. The zero-order chi connectivity index (χ0) is 10.7. The highest BCUT2D eigenvalue weighted by Crippen LogP contribution is 2.17. The fourth-order valence-corrected chi connectivity index (χ4v) is 2.22. The van der Waals surface area contributed by atoms with Gasteiger partial charge in [0.2, 0.25) is 0 Å². The summed E-state index contributed by atoms with van der Waals surface area (Å²) in [4.78, 5) is 0. The SMILES string of the molecule is CCCC(C)Cn1ccc2ccccc21. The molecule has 80 valence electrons. The van der Waals surface area contributed by atoms with Gasteiger partial charge in [0.1, 0.15) is 0 Å². The van der Waals surface area contributed by atoms with E-state index in [1.165, 1.54) is 23.7 Å². The van der Waals surface area contributed by atoms with E-state index in [4.69, 9.17) is 0 Å². The second kappa shape index (κ2) is 4.52. The van der Waals surface area contributed by atoms with Crippen LogP contribution in [-0.2, 0) is 6.54 Å². The first-order chi connectivity index (χ1) is 7.31. The summed E-state index contributed by atoms with van der Waals surface area (Å²) >= 11 is 0. The summed E-state index contributed by atoms with van der Waals surface area (Å²) < 4.78 is 2.37. The molecular formula is C14H19N. The van der Waals surface area contributed by atoms with Gasteiger partial charge in [-0.15, -0.1) is 0 Å². The highest BCUT2D eigenvalue weighted by Gasteiger charge is 2.04. The van der Waals surface area contributed by atoms with Crippen molar-refractivity contribution in [1.29, 1.82) is 0 Å². The van der Waals surface area contributed by atoms with E-state index in [1.807, 2.05) is 0 Å². The lowest BCUT2D eigenvalue weighted by Crippen LogP contribution is -2.05. The fourth-order valence-electron chi connectivity index (χ4n) is 2.22. The Bertz CT molecular complexity index is 428. The first-order valence-corrected chi connectivity index (χ1v) is 5.85. The molecule has 0 fully saturated rings. The van der Waals surface area contributed by atoms with Crippen LogP contribution >= 0.6 is 0 Å². The van der Waals surface area contributed by atoms with Crippen LogP contribution in [0.15, 0.2) is 36.5 Å². The summed E-state index contributed by atoms with van der Waals surface area (Å²) in [6.07, 6.45) is 4.80. The lowest BCUT2D eigenvalue weighted by molar-refractivity contribution is 0.453. The number of benzene rings is 1. The van der Waals surface area contributed by atoms with Gasteiger partial charge in [0, 0.05) is 18.3 Å². The maximum atomic E-state index is 2.37. The van der Waals surface area contributed by atoms with Gasteiger partial charge < -0.3 is 4.57 Å². The summed E-state index contributed by atoms with van der Waals surface area (Å²) in [5.41, 5.74) is 1.36. The molecule has 1 heterocycles. The Morgan fingerprint density at radius 3 is 2.80 bits per heavy atom. The van der Waals surface area contributed by atoms with Crippen LogP contribution in [0, 0.1) is 5.92 Å². The predicted molar refractivity (Wildman–Crippen MR) is 66.0 cm³/mol. The Hall–Kier alpha value is -1.24. The largest absolute Gasteiger partial charge is 0.347 e. The van der Waals surface area contributed by atoms with Gasteiger partial charge in [-0.2, -0.15) is 0 Å². The van der Waals surface area contributed by atoms with E-state index in [1.54, 1.807) is 0 Å². The van der Waals surface area contributed by atoms with Gasteiger partial charge in [0.15, 0.2) is 0 Å². The van der Waals surface area contributed by atoms with Crippen molar-refractivity contribution in [3.8, 4) is 0 Å². The van der Waals surface area contributed by atoms with Crippen LogP contribution in [0.4, 0.5) is 0 Å². The molecule has 15 heavy (non-hydrogen) atoms. The zero-order valence-electron chi connectivity index (χ0n) is 9.61. The number of aromatic nitrogens is 1. The first kappa shape index (κ1) is 10.3. The third-order valence-corrected chi connectivity index (χ3v) is 2.97. The molecule has 0 bridgehead atoms. The van der Waals surface area contributed by atoms with E-state index in [9.17, 15) is 0 Å². The van der Waals surface area contributed by atoms with Crippen molar-refractivity contribution in [3.05, 3.63) is 36.5 Å². The molecule has 0 aliphatic heterocycles. The van der Waals surface area contributed by atoms with E-state index in [2.05, 4.69) is 54.9 Å². The molecule has 2 aromatic rings. The number of hydrogen-bond donors (Lipinski definition) is 0. The van der Waals surface area contributed by atoms with Crippen molar-refractivity contribution in [2.24, 2.45) is 5.92 Å². The van der Waals surface area contributed by atoms with Crippen LogP contribution in [0.25, 0.3) is 10.9 Å². The van der Waals surface area contributed by atoms with Crippen LogP contribution in [0.3, 0.4) is 0 Å². The van der Waals surface area contributed by atoms with E-state index < -0.39 is 0 Å². The summed E-state index contributed by atoms with van der Waals surface area (Å²) in [5.74, 6) is 0.769. The molecule has 0 saturated heterocycles. The molecule has 0 radical (unpaired) electrons. The normalized spacial score (nSPS) is 13.2. The van der Waals surface area contributed by atoms with Crippen LogP contribution < -0.4 is 0 Å². The van der Waals surface area contributed by atoms with Gasteiger partial charge in [0.25, 0.3) is 0 Å². The number of fused-ring (bicyclic) bond motifs is 1. The molecule has 0 spiro atoms. The Kier molecular flexibility index (Phi) is 3.10. The molecule has 1 heteroatoms. The fraction of sp³-hybridized carbons (Fsp3) is 0.429. The minimum absolute atomic E-state index is 0.769. The molecule has 0 aliphatic rings. The van der Waals surface area contributed by atoms with Crippen molar-refractivity contribution >= 4 is 10.9 Å². The third kappa shape index (κ3) is 2.23. The maximum Gasteiger partial charge on any atom is 0.0480 e. The van der Waals surface area contributed by atoms with Crippen LogP contribution in [0.2, 0.25) is 0 Å². The van der Waals surface area contributed by atoms with Crippen molar-refractivity contribution in [1.82, 2.24) is 4.57 Å². The number of hydrogen-bond acceptors (Lipinski definition) is 0. The molecule has 1 unspecified atom stereocenters. The molecular weight excluding hydrogens is 182 g/mol. The lowest BCUT2D eigenvalue weighted by atomic mass is 10.1. The quantitative estimate of drug-likeness (QED) is 0.702. The summed E-state index contributed by atoms with van der Waals surface area (Å²) in [7, 11) is 0. The molecule has 0 aliphatic carbocycles. The summed E-state index contributed by atoms with van der Waals surface area (Å²) in [6, 6.07) is 10.8. The topological polar surface area (TPSA) is 4.93 Å². The second-order valence-electron chi connectivity index (χ2n) is 4.42. The average molecular weight is 201 g/mol. The number of para-hydroxylation sites is 1. The Labute approximate surface area is 91.7 Å². The van der Waals surface area contributed by atoms with Crippen molar-refractivity contribution in [3.63, 3.8) is 0 Å². The maximum absolute atomic E-state index is 2.37. The highest BCUT2D eigenvalue weighted by atomic mass is 15.0. The van der Waals surface area contributed by atoms with Gasteiger partial charge in [-0.25, -0.2) is 0 Å². The van der Waals surface area contributed by atoms with Gasteiger partial charge in [0.05, 0.1) is 0 Å². The summed E-state index contributed by atoms with van der Waals surface area (Å²) in [6.45, 7) is 5.73. The van der Waals surface area contributed by atoms with Crippen molar-refractivity contribution < 1.29 is 0 Å². The lowest BCUT2D eigenvalue weighted by Gasteiger charge is -2.12. The van der Waals surface area contributed by atoms with E-state index >= 15 is 0 Å². The van der Waals surface area contributed by atoms with Crippen LogP contribution in [-0.4, -0.2) is 4.57 Å². The third-order valence-electron chi connectivity index (χ3n) is 2.97. The standard InChI is InChI=1S/C14H19N/c1-3-6-12(2)11-15-10-9-13-7-4-5-8-14(13)15/h4-5,7-10,12H,3,6,11H2,1-2H3. The highest BCUT2D eigenvalue weighted by molar-refractivity contribution is 5.79. The van der Waals surface area contributed by atoms with E-state index in [-0.39, 0.29) is 0 Å². The number of nitrogens with zero attached hydrogens (tertiary/aromatic N) is 1. The van der Waals surface area contributed by atoms with Crippen molar-refractivity contribution in [2.45, 2.75) is 33.2 Å². The Morgan fingerprint density at radius 1 is 1.20 bits per heavy atom. The molecule has 1 nitrogen and oxygen atoms in total. The Balaban J connectivity index is 2.21. The second-order valence-corrected chi connectivity index (χ2v) is 4.42. The van der Waals surface area contributed by atoms with Gasteiger partial charge >= 0.3 is 0 Å².